The maximum Gasteiger partial charge on any atom is 0.181 e. The third-order valence-electron chi connectivity index (χ3n) is 3.76. The molecule has 1 heterocycles. The lowest BCUT2D eigenvalue weighted by Gasteiger charge is -2.13. The summed E-state index contributed by atoms with van der Waals surface area (Å²) in [5, 5.41) is 1.07. The summed E-state index contributed by atoms with van der Waals surface area (Å²) >= 11 is 12.0. The van der Waals surface area contributed by atoms with Gasteiger partial charge in [-0.25, -0.2) is 4.98 Å². The van der Waals surface area contributed by atoms with E-state index in [4.69, 9.17) is 23.2 Å². The highest BCUT2D eigenvalue weighted by Gasteiger charge is 2.29. The number of hydrogen-bond acceptors (Lipinski definition) is 2. The highest BCUT2D eigenvalue weighted by atomic mass is 35.5. The Hall–Kier alpha value is -1.32. The molecule has 21 heavy (non-hydrogen) atoms. The van der Waals surface area contributed by atoms with Gasteiger partial charge in [0.25, 0.3) is 0 Å². The molecule has 1 aliphatic rings. The molecule has 1 aromatic carbocycles. The number of rotatable bonds is 3. The minimum atomic E-state index is 0.185. The van der Waals surface area contributed by atoms with Crippen molar-refractivity contribution in [2.45, 2.75) is 39.2 Å². The van der Waals surface area contributed by atoms with Crippen LogP contribution in [0.25, 0.3) is 0 Å². The highest BCUT2D eigenvalue weighted by molar-refractivity contribution is 6.42. The van der Waals surface area contributed by atoms with E-state index in [0.717, 1.165) is 29.2 Å². The molecule has 2 aromatic rings. The van der Waals surface area contributed by atoms with Crippen molar-refractivity contribution in [1.29, 1.82) is 0 Å². The number of aryl methyl sites for hydroxylation is 1. The normalized spacial score (nSPS) is 14.0. The number of aromatic nitrogens is 2. The topological polar surface area (TPSA) is 34.9 Å². The number of hydrogen-bond donors (Lipinski definition) is 0. The molecule has 3 rings (SSSR count). The summed E-state index contributed by atoms with van der Waals surface area (Å²) in [4.78, 5) is 16.8. The van der Waals surface area contributed by atoms with Crippen LogP contribution in [0.3, 0.4) is 0 Å². The maximum atomic E-state index is 12.1. The van der Waals surface area contributed by atoms with E-state index in [1.54, 1.807) is 6.07 Å². The summed E-state index contributed by atoms with van der Waals surface area (Å²) in [5.41, 5.74) is 2.72. The van der Waals surface area contributed by atoms with Crippen molar-refractivity contribution in [3.8, 4) is 0 Å². The highest BCUT2D eigenvalue weighted by Crippen LogP contribution is 2.29. The van der Waals surface area contributed by atoms with E-state index in [0.29, 0.717) is 23.0 Å². The Kier molecular flexibility index (Phi) is 3.80. The quantitative estimate of drug-likeness (QED) is 0.834. The van der Waals surface area contributed by atoms with Crippen molar-refractivity contribution in [2.75, 3.05) is 0 Å². The molecule has 0 unspecified atom stereocenters. The van der Waals surface area contributed by atoms with Gasteiger partial charge in [0.2, 0.25) is 0 Å². The Bertz CT molecular complexity index is 719. The van der Waals surface area contributed by atoms with E-state index >= 15 is 0 Å². The summed E-state index contributed by atoms with van der Waals surface area (Å²) in [6, 6.07) is 5.57. The number of Topliss-reactive ketones (excluding diaryl/α,β-unsaturated/α-hetero) is 1. The number of fused-ring (bicyclic) bond motifs is 1. The molecule has 0 saturated heterocycles. The van der Waals surface area contributed by atoms with Gasteiger partial charge >= 0.3 is 0 Å². The predicted molar refractivity (Wildman–Crippen MR) is 84.5 cm³/mol. The van der Waals surface area contributed by atoms with Crippen LogP contribution < -0.4 is 0 Å². The zero-order chi connectivity index (χ0) is 15.1. The van der Waals surface area contributed by atoms with Crippen LogP contribution in [-0.4, -0.2) is 15.3 Å². The number of benzene rings is 1. The van der Waals surface area contributed by atoms with Crippen molar-refractivity contribution >= 4 is 29.0 Å². The van der Waals surface area contributed by atoms with Gasteiger partial charge in [0.05, 0.1) is 15.7 Å². The first-order chi connectivity index (χ1) is 9.97. The summed E-state index contributed by atoms with van der Waals surface area (Å²) < 4.78 is 2.04. The van der Waals surface area contributed by atoms with E-state index in [1.165, 1.54) is 0 Å². The van der Waals surface area contributed by atoms with Crippen LogP contribution in [0.15, 0.2) is 18.2 Å². The van der Waals surface area contributed by atoms with Gasteiger partial charge < -0.3 is 4.57 Å². The molecule has 0 bridgehead atoms. The SMILES string of the molecule is CC(C)c1nc2c(n1Cc1ccc(Cl)c(Cl)c1)C(=O)CC2. The van der Waals surface area contributed by atoms with E-state index in [9.17, 15) is 4.79 Å². The second-order valence-corrected chi connectivity index (χ2v) is 6.49. The van der Waals surface area contributed by atoms with Crippen LogP contribution >= 0.6 is 23.2 Å². The first-order valence-electron chi connectivity index (χ1n) is 7.03. The van der Waals surface area contributed by atoms with Gasteiger partial charge in [-0.05, 0) is 24.1 Å². The lowest BCUT2D eigenvalue weighted by atomic mass is 10.1. The molecule has 0 atom stereocenters. The lowest BCUT2D eigenvalue weighted by molar-refractivity contribution is 0.0986. The van der Waals surface area contributed by atoms with Gasteiger partial charge in [0, 0.05) is 18.9 Å². The lowest BCUT2D eigenvalue weighted by Crippen LogP contribution is -2.12. The smallest absolute Gasteiger partial charge is 0.181 e. The van der Waals surface area contributed by atoms with Crippen LogP contribution in [0.4, 0.5) is 0 Å². The number of imidazole rings is 1. The molecule has 0 amide bonds. The maximum absolute atomic E-state index is 12.1. The van der Waals surface area contributed by atoms with Crippen LogP contribution in [0.2, 0.25) is 10.0 Å². The number of carbonyl (C=O) groups is 1. The van der Waals surface area contributed by atoms with Crippen LogP contribution in [0.5, 0.6) is 0 Å². The first kappa shape index (κ1) is 14.6. The monoisotopic (exact) mass is 322 g/mol. The molecule has 0 aliphatic heterocycles. The Morgan fingerprint density at radius 3 is 2.67 bits per heavy atom. The largest absolute Gasteiger partial charge is 0.321 e. The second-order valence-electron chi connectivity index (χ2n) is 5.68. The molecule has 3 nitrogen and oxygen atoms in total. The van der Waals surface area contributed by atoms with Gasteiger partial charge in [0.15, 0.2) is 5.78 Å². The number of ketones is 1. The van der Waals surface area contributed by atoms with E-state index in [1.807, 2.05) is 16.7 Å². The molecular weight excluding hydrogens is 307 g/mol. The molecule has 0 N–H and O–H groups in total. The third kappa shape index (κ3) is 2.60. The molecule has 110 valence electrons. The number of nitrogens with zero attached hydrogens (tertiary/aromatic N) is 2. The fourth-order valence-corrected chi connectivity index (χ4v) is 3.10. The predicted octanol–water partition coefficient (Wildman–Crippen LogP) is 4.49. The standard InChI is InChI=1S/C16H16Cl2N2O/c1-9(2)16-19-13-5-6-14(21)15(13)20(16)8-10-3-4-11(17)12(18)7-10/h3-4,7,9H,5-6,8H2,1-2H3. The molecule has 5 heteroatoms. The van der Waals surface area contributed by atoms with Crippen LogP contribution in [-0.2, 0) is 13.0 Å². The Balaban J connectivity index is 2.05. The Labute approximate surface area is 133 Å². The van der Waals surface area contributed by atoms with Gasteiger partial charge in [-0.15, -0.1) is 0 Å². The second kappa shape index (κ2) is 5.47. The molecule has 1 aliphatic carbocycles. The van der Waals surface area contributed by atoms with Crippen LogP contribution in [0.1, 0.15) is 53.8 Å². The van der Waals surface area contributed by atoms with Crippen molar-refractivity contribution in [3.05, 3.63) is 51.0 Å². The average molecular weight is 323 g/mol. The fraction of sp³-hybridized carbons (Fsp3) is 0.375. The molecule has 0 fully saturated rings. The van der Waals surface area contributed by atoms with E-state index < -0.39 is 0 Å². The zero-order valence-corrected chi connectivity index (χ0v) is 13.5. The minimum absolute atomic E-state index is 0.185. The Morgan fingerprint density at radius 1 is 1.24 bits per heavy atom. The molecule has 0 saturated carbocycles. The van der Waals surface area contributed by atoms with Gasteiger partial charge in [-0.1, -0.05) is 43.1 Å². The van der Waals surface area contributed by atoms with Crippen molar-refractivity contribution in [3.63, 3.8) is 0 Å². The third-order valence-corrected chi connectivity index (χ3v) is 4.50. The minimum Gasteiger partial charge on any atom is -0.321 e. The Morgan fingerprint density at radius 2 is 2.00 bits per heavy atom. The summed E-state index contributed by atoms with van der Waals surface area (Å²) in [6.07, 6.45) is 1.32. The van der Waals surface area contributed by atoms with E-state index in [-0.39, 0.29) is 11.7 Å². The van der Waals surface area contributed by atoms with Crippen molar-refractivity contribution in [1.82, 2.24) is 9.55 Å². The summed E-state index contributed by atoms with van der Waals surface area (Å²) in [6.45, 7) is 4.78. The van der Waals surface area contributed by atoms with Crippen molar-refractivity contribution in [2.24, 2.45) is 0 Å². The van der Waals surface area contributed by atoms with Crippen LogP contribution in [0, 0.1) is 0 Å². The number of carbonyl (C=O) groups excluding carboxylic acids is 1. The summed E-state index contributed by atoms with van der Waals surface area (Å²) in [5.74, 6) is 1.41. The van der Waals surface area contributed by atoms with Gasteiger partial charge in [-0.3, -0.25) is 4.79 Å². The molecule has 0 spiro atoms. The average Bonchev–Trinajstić information content (AvgIpc) is 2.96. The molecule has 1 aromatic heterocycles. The molecular formula is C16H16Cl2N2O. The fourth-order valence-electron chi connectivity index (χ4n) is 2.78. The van der Waals surface area contributed by atoms with E-state index in [2.05, 4.69) is 18.8 Å². The van der Waals surface area contributed by atoms with Crippen molar-refractivity contribution < 1.29 is 4.79 Å². The number of halogens is 2. The zero-order valence-electron chi connectivity index (χ0n) is 12.0. The van der Waals surface area contributed by atoms with Gasteiger partial charge in [-0.2, -0.15) is 0 Å². The summed E-state index contributed by atoms with van der Waals surface area (Å²) in [7, 11) is 0. The first-order valence-corrected chi connectivity index (χ1v) is 7.79. The molecule has 0 radical (unpaired) electrons. The van der Waals surface area contributed by atoms with Gasteiger partial charge in [0.1, 0.15) is 11.5 Å².